The van der Waals surface area contributed by atoms with Gasteiger partial charge in [0.05, 0.1) is 12.6 Å². The number of aliphatic imine (C=N–C) groups is 2. The van der Waals surface area contributed by atoms with Gasteiger partial charge < -0.3 is 19.7 Å². The molecule has 0 aromatic carbocycles. The molecule has 162 valence electrons. The Balaban J connectivity index is 1.51. The van der Waals surface area contributed by atoms with Gasteiger partial charge in [-0.3, -0.25) is 14.6 Å². The third kappa shape index (κ3) is 3.30. The lowest BCUT2D eigenvalue weighted by Gasteiger charge is -2.32. The van der Waals surface area contributed by atoms with Crippen LogP contribution in [-0.4, -0.2) is 78.9 Å². The third-order valence-electron chi connectivity index (χ3n) is 5.88. The first-order chi connectivity index (χ1) is 14.1. The molecule has 30 heavy (non-hydrogen) atoms. The molecule has 2 fully saturated rings. The van der Waals surface area contributed by atoms with E-state index in [0.717, 1.165) is 6.92 Å². The summed E-state index contributed by atoms with van der Waals surface area (Å²) in [5.74, 6) is -1.69. The highest BCUT2D eigenvalue weighted by molar-refractivity contribution is 6.40. The molecule has 0 saturated carbocycles. The molecule has 2 saturated heterocycles. The number of ether oxygens (including phenoxy) is 2. The van der Waals surface area contributed by atoms with Crippen molar-refractivity contribution in [2.45, 2.75) is 43.2 Å². The lowest BCUT2D eigenvalue weighted by Crippen LogP contribution is -2.54. The van der Waals surface area contributed by atoms with Crippen LogP contribution in [-0.2, 0) is 19.1 Å². The van der Waals surface area contributed by atoms with Gasteiger partial charge in [-0.05, 0) is 19.4 Å². The Morgan fingerprint density at radius 3 is 2.87 bits per heavy atom. The van der Waals surface area contributed by atoms with Gasteiger partial charge in [-0.1, -0.05) is 12.2 Å². The van der Waals surface area contributed by atoms with Gasteiger partial charge in [0.25, 0.3) is 5.91 Å². The van der Waals surface area contributed by atoms with E-state index in [1.165, 1.54) is 11.1 Å². The van der Waals surface area contributed by atoms with Crippen LogP contribution in [0.1, 0.15) is 13.3 Å². The molecule has 4 rings (SSSR count). The van der Waals surface area contributed by atoms with Crippen molar-refractivity contribution in [1.29, 1.82) is 0 Å². The Hall–Kier alpha value is -2.69. The molecule has 0 aromatic heterocycles. The van der Waals surface area contributed by atoms with Crippen molar-refractivity contribution in [3.05, 3.63) is 24.0 Å². The van der Waals surface area contributed by atoms with Crippen molar-refractivity contribution in [2.24, 2.45) is 15.9 Å². The van der Waals surface area contributed by atoms with Gasteiger partial charge in [0, 0.05) is 19.2 Å². The SMILES string of the molecule is CN1C(=O)[C@@H](NC(=O)C2=NC3C(C=N2)CO[C@@]3(C)C(F)(F)F)COC2=CC=CCC21. The van der Waals surface area contributed by atoms with Crippen molar-refractivity contribution < 1.29 is 32.2 Å². The topological polar surface area (TPSA) is 92.6 Å². The fraction of sp³-hybridized carbons (Fsp3) is 0.579. The average Bonchev–Trinajstić information content (AvgIpc) is 3.02. The smallest absolute Gasteiger partial charge is 0.419 e. The minimum absolute atomic E-state index is 0.0997. The van der Waals surface area contributed by atoms with Crippen molar-refractivity contribution in [3.8, 4) is 0 Å². The van der Waals surface area contributed by atoms with E-state index >= 15 is 0 Å². The van der Waals surface area contributed by atoms with E-state index in [9.17, 15) is 22.8 Å². The van der Waals surface area contributed by atoms with Crippen molar-refractivity contribution in [1.82, 2.24) is 10.2 Å². The number of hydrogen-bond donors (Lipinski definition) is 1. The Morgan fingerprint density at radius 1 is 1.37 bits per heavy atom. The van der Waals surface area contributed by atoms with Crippen molar-refractivity contribution >= 4 is 23.9 Å². The van der Waals surface area contributed by atoms with Gasteiger partial charge in [0.1, 0.15) is 24.4 Å². The fourth-order valence-corrected chi connectivity index (χ4v) is 3.96. The number of halogens is 3. The maximum absolute atomic E-state index is 13.5. The summed E-state index contributed by atoms with van der Waals surface area (Å²) >= 11 is 0. The summed E-state index contributed by atoms with van der Waals surface area (Å²) < 4.78 is 51.1. The highest BCUT2D eigenvalue weighted by atomic mass is 19.4. The number of hydrogen-bond acceptors (Lipinski definition) is 6. The van der Waals surface area contributed by atoms with E-state index < -0.39 is 41.5 Å². The Bertz CT molecular complexity index is 881. The second-order valence-corrected chi connectivity index (χ2v) is 7.79. The molecule has 0 radical (unpaired) electrons. The van der Waals surface area contributed by atoms with Gasteiger partial charge >= 0.3 is 6.18 Å². The number of fused-ring (bicyclic) bond motifs is 2. The molecule has 0 spiro atoms. The maximum Gasteiger partial charge on any atom is 0.419 e. The molecule has 8 nitrogen and oxygen atoms in total. The van der Waals surface area contributed by atoms with Gasteiger partial charge in [0.15, 0.2) is 5.60 Å². The van der Waals surface area contributed by atoms with Crippen LogP contribution < -0.4 is 5.32 Å². The van der Waals surface area contributed by atoms with Gasteiger partial charge in [0.2, 0.25) is 11.7 Å². The predicted octanol–water partition coefficient (Wildman–Crippen LogP) is 0.991. The van der Waals surface area contributed by atoms with E-state index in [4.69, 9.17) is 9.47 Å². The third-order valence-corrected chi connectivity index (χ3v) is 5.88. The second-order valence-electron chi connectivity index (χ2n) is 7.79. The van der Waals surface area contributed by atoms with Crippen LogP contribution in [0.15, 0.2) is 34.0 Å². The molecular formula is C19H21F3N4O4. The zero-order valence-corrected chi connectivity index (χ0v) is 16.3. The first kappa shape index (κ1) is 20.6. The normalized spacial score (nSPS) is 35.6. The largest absolute Gasteiger partial charge is 0.493 e. The monoisotopic (exact) mass is 426 g/mol. The molecule has 0 bridgehead atoms. The van der Waals surface area contributed by atoms with Crippen LogP contribution in [0, 0.1) is 5.92 Å². The number of allylic oxidation sites excluding steroid dienone is 2. The maximum atomic E-state index is 13.5. The van der Waals surface area contributed by atoms with Crippen LogP contribution in [0.3, 0.4) is 0 Å². The molecule has 4 aliphatic rings. The molecule has 2 amide bonds. The Kier molecular flexibility index (Phi) is 4.95. The first-order valence-electron chi connectivity index (χ1n) is 9.51. The van der Waals surface area contributed by atoms with Crippen molar-refractivity contribution in [2.75, 3.05) is 20.3 Å². The molecule has 1 aliphatic carbocycles. The van der Waals surface area contributed by atoms with Gasteiger partial charge in [-0.2, -0.15) is 13.2 Å². The number of nitrogens with one attached hydrogen (secondary N) is 1. The minimum atomic E-state index is -4.66. The van der Waals surface area contributed by atoms with Crippen LogP contribution >= 0.6 is 0 Å². The van der Waals surface area contributed by atoms with Gasteiger partial charge in [-0.15, -0.1) is 0 Å². The average molecular weight is 426 g/mol. The van der Waals surface area contributed by atoms with E-state index in [2.05, 4.69) is 15.3 Å². The lowest BCUT2D eigenvalue weighted by molar-refractivity contribution is -0.258. The zero-order valence-electron chi connectivity index (χ0n) is 16.3. The van der Waals surface area contributed by atoms with Crippen LogP contribution in [0.2, 0.25) is 0 Å². The molecule has 3 aliphatic heterocycles. The predicted molar refractivity (Wildman–Crippen MR) is 99.9 cm³/mol. The summed E-state index contributed by atoms with van der Waals surface area (Å²) in [5, 5.41) is 2.50. The van der Waals surface area contributed by atoms with Gasteiger partial charge in [-0.25, -0.2) is 4.99 Å². The van der Waals surface area contributed by atoms with E-state index in [0.29, 0.717) is 12.2 Å². The fourth-order valence-electron chi connectivity index (χ4n) is 3.96. The molecule has 11 heteroatoms. The van der Waals surface area contributed by atoms with E-state index in [-0.39, 0.29) is 25.2 Å². The second kappa shape index (κ2) is 7.22. The van der Waals surface area contributed by atoms with Crippen molar-refractivity contribution in [3.63, 3.8) is 0 Å². The molecule has 1 N–H and O–H groups in total. The van der Waals surface area contributed by atoms with Crippen LogP contribution in [0.5, 0.6) is 0 Å². The standard InChI is InChI=1S/C19H21F3N4O4/c1-18(19(20,21)22)14-10(8-30-18)7-23-15(25-14)16(27)24-11-9-29-13-6-4-3-5-12(13)26(2)17(11)28/h3-4,6-7,10-12,14H,5,8-9H2,1-2H3,(H,24,27)/t10?,11-,12?,14?,18+/m0/s1. The summed E-state index contributed by atoms with van der Waals surface area (Å²) in [6.07, 6.45) is 2.68. The molecule has 5 atom stereocenters. The summed E-state index contributed by atoms with van der Waals surface area (Å²) in [5.41, 5.74) is -2.51. The first-order valence-corrected chi connectivity index (χ1v) is 9.51. The lowest BCUT2D eigenvalue weighted by atomic mass is 9.89. The number of alkyl halides is 3. The van der Waals surface area contributed by atoms with E-state index in [1.807, 2.05) is 12.2 Å². The molecule has 3 heterocycles. The summed E-state index contributed by atoms with van der Waals surface area (Å²) in [7, 11) is 1.61. The summed E-state index contributed by atoms with van der Waals surface area (Å²) in [6, 6.07) is -2.60. The number of amidine groups is 1. The number of likely N-dealkylation sites (N-methyl/N-ethyl adjacent to an activating group) is 1. The molecular weight excluding hydrogens is 405 g/mol. The quantitative estimate of drug-likeness (QED) is 0.713. The van der Waals surface area contributed by atoms with Crippen LogP contribution in [0.4, 0.5) is 13.2 Å². The Morgan fingerprint density at radius 2 is 2.13 bits per heavy atom. The highest BCUT2D eigenvalue weighted by Crippen LogP contribution is 2.45. The molecule has 3 unspecified atom stereocenters. The number of rotatable bonds is 2. The molecule has 0 aromatic rings. The highest BCUT2D eigenvalue weighted by Gasteiger charge is 2.63. The Labute approximate surface area is 170 Å². The number of carbonyl (C=O) groups excluding carboxylic acids is 2. The zero-order chi connectivity index (χ0) is 21.7. The van der Waals surface area contributed by atoms with E-state index in [1.54, 1.807) is 13.1 Å². The van der Waals surface area contributed by atoms with Crippen LogP contribution in [0.25, 0.3) is 0 Å². The minimum Gasteiger partial charge on any atom is -0.493 e. The number of nitrogens with zero attached hydrogens (tertiary/aromatic N) is 3. The summed E-state index contributed by atoms with van der Waals surface area (Å²) in [6.45, 7) is 0.626. The summed E-state index contributed by atoms with van der Waals surface area (Å²) in [4.78, 5) is 34.8. The number of carbonyl (C=O) groups is 2. The number of amides is 2.